The molecule has 0 saturated heterocycles. The van der Waals surface area contributed by atoms with Gasteiger partial charge in [0.1, 0.15) is 0 Å². The average molecular weight is 422 g/mol. The highest BCUT2D eigenvalue weighted by Gasteiger charge is 2.24. The Balaban J connectivity index is 1.80. The lowest BCUT2D eigenvalue weighted by atomic mass is 10.2. The van der Waals surface area contributed by atoms with Gasteiger partial charge in [-0.15, -0.1) is 0 Å². The number of hydrogen-bond donors (Lipinski definition) is 0. The maximum absolute atomic E-state index is 12.8. The topological polar surface area (TPSA) is 103 Å². The Kier molecular flexibility index (Phi) is 5.78. The van der Waals surface area contributed by atoms with Crippen LogP contribution in [0, 0.1) is 0 Å². The van der Waals surface area contributed by atoms with Crippen molar-refractivity contribution in [2.75, 3.05) is 14.2 Å². The van der Waals surface area contributed by atoms with Crippen LogP contribution in [0.2, 0.25) is 5.02 Å². The third-order valence-electron chi connectivity index (χ3n) is 3.89. The molecular formula is C18H16ClN3O5S. The molecule has 0 bridgehead atoms. The molecule has 0 aliphatic heterocycles. The van der Waals surface area contributed by atoms with Crippen molar-refractivity contribution < 1.29 is 22.5 Å². The third-order valence-corrected chi connectivity index (χ3v) is 5.94. The van der Waals surface area contributed by atoms with Crippen molar-refractivity contribution >= 4 is 27.6 Å². The highest BCUT2D eigenvalue weighted by Crippen LogP contribution is 2.21. The quantitative estimate of drug-likeness (QED) is 0.563. The lowest BCUT2D eigenvalue weighted by Crippen LogP contribution is -2.26. The number of sulfonamides is 1. The number of esters is 1. The van der Waals surface area contributed by atoms with Crippen molar-refractivity contribution in [3.8, 4) is 11.4 Å². The zero-order chi connectivity index (χ0) is 20.3. The molecule has 0 unspecified atom stereocenters. The van der Waals surface area contributed by atoms with Gasteiger partial charge in [0.05, 0.1) is 24.1 Å². The number of aromatic nitrogens is 2. The Hall–Kier alpha value is -2.75. The van der Waals surface area contributed by atoms with Gasteiger partial charge in [0.2, 0.25) is 21.7 Å². The van der Waals surface area contributed by atoms with Crippen LogP contribution in [0.4, 0.5) is 0 Å². The van der Waals surface area contributed by atoms with Crippen molar-refractivity contribution in [3.63, 3.8) is 0 Å². The van der Waals surface area contributed by atoms with Gasteiger partial charge in [-0.05, 0) is 42.5 Å². The zero-order valence-corrected chi connectivity index (χ0v) is 16.6. The first-order valence-corrected chi connectivity index (χ1v) is 9.86. The van der Waals surface area contributed by atoms with E-state index in [4.69, 9.17) is 16.1 Å². The number of carbonyl (C=O) groups excluding carboxylic acids is 1. The molecule has 0 radical (unpaired) electrons. The Morgan fingerprint density at radius 1 is 1.21 bits per heavy atom. The minimum atomic E-state index is -3.88. The molecule has 0 N–H and O–H groups in total. The van der Waals surface area contributed by atoms with E-state index in [-0.39, 0.29) is 22.9 Å². The van der Waals surface area contributed by atoms with E-state index in [9.17, 15) is 13.2 Å². The molecule has 1 aromatic heterocycles. The minimum Gasteiger partial charge on any atom is -0.465 e. The van der Waals surface area contributed by atoms with E-state index in [1.54, 1.807) is 24.3 Å². The van der Waals surface area contributed by atoms with Crippen LogP contribution in [0.15, 0.2) is 57.9 Å². The van der Waals surface area contributed by atoms with Gasteiger partial charge in [0.15, 0.2) is 0 Å². The summed E-state index contributed by atoms with van der Waals surface area (Å²) >= 11 is 5.85. The van der Waals surface area contributed by atoms with Gasteiger partial charge in [0, 0.05) is 17.6 Å². The van der Waals surface area contributed by atoms with Gasteiger partial charge in [-0.25, -0.2) is 13.2 Å². The van der Waals surface area contributed by atoms with Crippen molar-refractivity contribution in [1.29, 1.82) is 0 Å². The van der Waals surface area contributed by atoms with Crippen LogP contribution in [-0.4, -0.2) is 43.0 Å². The molecule has 10 heteroatoms. The van der Waals surface area contributed by atoms with E-state index in [1.807, 2.05) is 0 Å². The number of benzene rings is 2. The van der Waals surface area contributed by atoms with Gasteiger partial charge >= 0.3 is 5.97 Å². The molecule has 0 spiro atoms. The summed E-state index contributed by atoms with van der Waals surface area (Å²) in [7, 11) is -1.28. The lowest BCUT2D eigenvalue weighted by molar-refractivity contribution is 0.0600. The first-order valence-electron chi connectivity index (χ1n) is 8.04. The first kappa shape index (κ1) is 20.0. The second-order valence-corrected chi connectivity index (χ2v) is 8.28. The predicted octanol–water partition coefficient (Wildman–Crippen LogP) is 3.00. The van der Waals surface area contributed by atoms with Crippen LogP contribution in [-0.2, 0) is 21.3 Å². The highest BCUT2D eigenvalue weighted by molar-refractivity contribution is 7.89. The number of nitrogens with zero attached hydrogens (tertiary/aromatic N) is 3. The molecule has 1 heterocycles. The Morgan fingerprint density at radius 2 is 1.93 bits per heavy atom. The van der Waals surface area contributed by atoms with Crippen LogP contribution in [0.25, 0.3) is 11.4 Å². The Morgan fingerprint density at radius 3 is 2.61 bits per heavy atom. The number of rotatable bonds is 6. The second-order valence-electron chi connectivity index (χ2n) is 5.80. The van der Waals surface area contributed by atoms with Crippen LogP contribution < -0.4 is 0 Å². The fourth-order valence-corrected chi connectivity index (χ4v) is 3.68. The molecule has 0 atom stereocenters. The van der Waals surface area contributed by atoms with Crippen LogP contribution >= 0.6 is 11.6 Å². The molecule has 146 valence electrons. The Labute approximate surface area is 166 Å². The number of carbonyl (C=O) groups is 1. The number of halogens is 1. The monoisotopic (exact) mass is 421 g/mol. The third kappa shape index (κ3) is 4.22. The predicted molar refractivity (Wildman–Crippen MR) is 101 cm³/mol. The van der Waals surface area contributed by atoms with Crippen molar-refractivity contribution in [2.24, 2.45) is 0 Å². The van der Waals surface area contributed by atoms with Crippen molar-refractivity contribution in [1.82, 2.24) is 14.4 Å². The molecule has 0 aliphatic carbocycles. The fraction of sp³-hybridized carbons (Fsp3) is 0.167. The largest absolute Gasteiger partial charge is 0.465 e. The highest BCUT2D eigenvalue weighted by atomic mass is 35.5. The van der Waals surface area contributed by atoms with Crippen molar-refractivity contribution in [3.05, 3.63) is 65.0 Å². The standard InChI is InChI=1S/C18H16ClN3O5S/c1-22(28(24,25)15-5-3-4-13(10-15)18(23)26-2)11-16-20-17(21-27-16)12-6-8-14(19)9-7-12/h3-10H,11H2,1-2H3. The average Bonchev–Trinajstić information content (AvgIpc) is 3.16. The lowest BCUT2D eigenvalue weighted by Gasteiger charge is -2.15. The van der Waals surface area contributed by atoms with Crippen molar-refractivity contribution in [2.45, 2.75) is 11.4 Å². The van der Waals surface area contributed by atoms with Gasteiger partial charge in [-0.1, -0.05) is 22.8 Å². The summed E-state index contributed by atoms with van der Waals surface area (Å²) < 4.78 is 36.4. The maximum Gasteiger partial charge on any atom is 0.337 e. The van der Waals surface area contributed by atoms with Gasteiger partial charge in [-0.2, -0.15) is 9.29 Å². The normalized spacial score (nSPS) is 11.6. The molecule has 0 aliphatic rings. The van der Waals surface area contributed by atoms with E-state index in [2.05, 4.69) is 14.9 Å². The van der Waals surface area contributed by atoms with E-state index >= 15 is 0 Å². The first-order chi connectivity index (χ1) is 13.3. The van der Waals surface area contributed by atoms with Gasteiger partial charge in [0.25, 0.3) is 0 Å². The molecule has 0 amide bonds. The van der Waals surface area contributed by atoms with Gasteiger partial charge in [-0.3, -0.25) is 0 Å². The molecule has 8 nitrogen and oxygen atoms in total. The van der Waals surface area contributed by atoms with Crippen LogP contribution in [0.3, 0.4) is 0 Å². The van der Waals surface area contributed by atoms with Gasteiger partial charge < -0.3 is 9.26 Å². The number of hydrogen-bond acceptors (Lipinski definition) is 7. The fourth-order valence-electron chi connectivity index (χ4n) is 2.39. The zero-order valence-electron chi connectivity index (χ0n) is 15.0. The number of methoxy groups -OCH3 is 1. The summed E-state index contributed by atoms with van der Waals surface area (Å²) in [5.41, 5.74) is 0.829. The van der Waals surface area contributed by atoms with E-state index in [0.717, 1.165) is 4.31 Å². The molecule has 3 rings (SSSR count). The second kappa shape index (κ2) is 8.09. The minimum absolute atomic E-state index is 0.0460. The molecular weight excluding hydrogens is 406 g/mol. The summed E-state index contributed by atoms with van der Waals surface area (Å²) in [6.07, 6.45) is 0. The SMILES string of the molecule is COC(=O)c1cccc(S(=O)(=O)N(C)Cc2nc(-c3ccc(Cl)cc3)no2)c1. The summed E-state index contributed by atoms with van der Waals surface area (Å²) in [4.78, 5) is 15.8. The van der Waals surface area contributed by atoms with E-state index in [1.165, 1.54) is 38.4 Å². The van der Waals surface area contributed by atoms with E-state index < -0.39 is 16.0 Å². The van der Waals surface area contributed by atoms with Crippen LogP contribution in [0.1, 0.15) is 16.2 Å². The van der Waals surface area contributed by atoms with E-state index in [0.29, 0.717) is 16.4 Å². The molecule has 0 saturated carbocycles. The molecule has 3 aromatic rings. The Bertz CT molecular complexity index is 1100. The summed E-state index contributed by atoms with van der Waals surface area (Å²) in [5, 5.41) is 4.44. The maximum atomic E-state index is 12.8. The molecule has 28 heavy (non-hydrogen) atoms. The molecule has 2 aromatic carbocycles. The number of ether oxygens (including phenoxy) is 1. The summed E-state index contributed by atoms with van der Waals surface area (Å²) in [5.74, 6) is -0.172. The summed E-state index contributed by atoms with van der Waals surface area (Å²) in [6, 6.07) is 12.4. The smallest absolute Gasteiger partial charge is 0.337 e. The van der Waals surface area contributed by atoms with Crippen LogP contribution in [0.5, 0.6) is 0 Å². The molecule has 0 fully saturated rings. The summed E-state index contributed by atoms with van der Waals surface area (Å²) in [6.45, 7) is -0.134.